The van der Waals surface area contributed by atoms with Gasteiger partial charge in [-0.25, -0.2) is 9.37 Å². The van der Waals surface area contributed by atoms with Gasteiger partial charge in [0.05, 0.1) is 30.0 Å². The molecule has 0 saturated carbocycles. The minimum Gasteiger partial charge on any atom is -0.494 e. The molecular formula is C21H22FN3O3S2. The van der Waals surface area contributed by atoms with Crippen LogP contribution in [-0.4, -0.2) is 28.7 Å². The van der Waals surface area contributed by atoms with E-state index in [1.54, 1.807) is 30.4 Å². The standard InChI is InChI=1S/C21H22FN3O3S2/c1-11(12-6-7-15(28-2)14(22)8-12)23-18(26)10-29-9-17-24-20(27)19-13-4-3-5-16(13)30-21(19)25-17/h6-8,11H,3-5,9-10H2,1-2H3,(H,23,26)(H,24,25,27). The molecule has 0 bridgehead atoms. The number of halogens is 1. The Bertz CT molecular complexity index is 1160. The highest BCUT2D eigenvalue weighted by Crippen LogP contribution is 2.34. The molecule has 6 nitrogen and oxygen atoms in total. The molecule has 1 aliphatic carbocycles. The van der Waals surface area contributed by atoms with Crippen molar-refractivity contribution < 1.29 is 13.9 Å². The van der Waals surface area contributed by atoms with Crippen molar-refractivity contribution in [2.75, 3.05) is 12.9 Å². The number of nitrogens with zero attached hydrogens (tertiary/aromatic N) is 1. The van der Waals surface area contributed by atoms with Gasteiger partial charge in [0.1, 0.15) is 10.7 Å². The maximum Gasteiger partial charge on any atom is 0.259 e. The number of ether oxygens (including phenoxy) is 1. The first kappa shape index (κ1) is 20.9. The summed E-state index contributed by atoms with van der Waals surface area (Å²) in [6.45, 7) is 1.80. The van der Waals surface area contributed by atoms with Gasteiger partial charge in [-0.3, -0.25) is 9.59 Å². The van der Waals surface area contributed by atoms with Crippen LogP contribution in [0.1, 0.15) is 41.2 Å². The Hall–Kier alpha value is -2.39. The fraction of sp³-hybridized carbons (Fsp3) is 0.381. The molecular weight excluding hydrogens is 425 g/mol. The Morgan fingerprint density at radius 3 is 3.03 bits per heavy atom. The van der Waals surface area contributed by atoms with Gasteiger partial charge in [0.25, 0.3) is 5.56 Å². The molecule has 4 rings (SSSR count). The highest BCUT2D eigenvalue weighted by molar-refractivity contribution is 7.99. The summed E-state index contributed by atoms with van der Waals surface area (Å²) in [6, 6.07) is 4.29. The number of aromatic nitrogens is 2. The summed E-state index contributed by atoms with van der Waals surface area (Å²) in [7, 11) is 1.41. The molecule has 0 aliphatic heterocycles. The first-order valence-corrected chi connectivity index (χ1v) is 11.7. The number of carbonyl (C=O) groups is 1. The summed E-state index contributed by atoms with van der Waals surface area (Å²) in [5, 5.41) is 3.59. The van der Waals surface area contributed by atoms with Crippen LogP contribution in [-0.2, 0) is 23.4 Å². The Balaban J connectivity index is 1.33. The zero-order chi connectivity index (χ0) is 21.3. The van der Waals surface area contributed by atoms with Crippen LogP contribution >= 0.6 is 23.1 Å². The molecule has 30 heavy (non-hydrogen) atoms. The van der Waals surface area contributed by atoms with E-state index in [-0.39, 0.29) is 29.0 Å². The van der Waals surface area contributed by atoms with Crippen LogP contribution in [0.3, 0.4) is 0 Å². The zero-order valence-corrected chi connectivity index (χ0v) is 18.3. The van der Waals surface area contributed by atoms with E-state index in [9.17, 15) is 14.0 Å². The van der Waals surface area contributed by atoms with Crippen molar-refractivity contribution in [1.29, 1.82) is 0 Å². The molecule has 158 valence electrons. The number of aryl methyl sites for hydroxylation is 2. The average molecular weight is 448 g/mol. The van der Waals surface area contributed by atoms with Crippen LogP contribution in [0.25, 0.3) is 10.2 Å². The normalized spacial score (nSPS) is 14.0. The SMILES string of the molecule is COc1ccc(C(C)NC(=O)CSCc2nc3sc4c(c3c(=O)[nH]2)CCC4)cc1F. The number of amides is 1. The van der Waals surface area contributed by atoms with Crippen molar-refractivity contribution in [3.63, 3.8) is 0 Å². The predicted molar refractivity (Wildman–Crippen MR) is 118 cm³/mol. The monoisotopic (exact) mass is 447 g/mol. The Kier molecular flexibility index (Phi) is 6.10. The second kappa shape index (κ2) is 8.77. The van der Waals surface area contributed by atoms with E-state index in [0.29, 0.717) is 17.1 Å². The summed E-state index contributed by atoms with van der Waals surface area (Å²) in [5.74, 6) is 0.772. The van der Waals surface area contributed by atoms with E-state index in [1.165, 1.54) is 29.8 Å². The predicted octanol–water partition coefficient (Wildman–Crippen LogP) is 3.73. The third-order valence-electron chi connectivity index (χ3n) is 5.15. The molecule has 1 atom stereocenters. The molecule has 0 spiro atoms. The molecule has 1 aromatic carbocycles. The smallest absolute Gasteiger partial charge is 0.259 e. The molecule has 2 heterocycles. The summed E-state index contributed by atoms with van der Waals surface area (Å²) in [4.78, 5) is 34.2. The highest BCUT2D eigenvalue weighted by Gasteiger charge is 2.21. The van der Waals surface area contributed by atoms with E-state index < -0.39 is 5.82 Å². The number of benzene rings is 1. The van der Waals surface area contributed by atoms with Crippen LogP contribution in [0.15, 0.2) is 23.0 Å². The lowest BCUT2D eigenvalue weighted by atomic mass is 10.1. The van der Waals surface area contributed by atoms with Crippen molar-refractivity contribution in [3.05, 3.63) is 56.2 Å². The van der Waals surface area contributed by atoms with E-state index in [0.717, 1.165) is 35.0 Å². The van der Waals surface area contributed by atoms with Gasteiger partial charge in [0, 0.05) is 4.88 Å². The fourth-order valence-corrected chi connectivity index (χ4v) is 5.66. The van der Waals surface area contributed by atoms with Gasteiger partial charge in [0.2, 0.25) is 5.91 Å². The van der Waals surface area contributed by atoms with Gasteiger partial charge in [-0.15, -0.1) is 23.1 Å². The number of thiophene rings is 1. The lowest BCUT2D eigenvalue weighted by Crippen LogP contribution is -2.28. The van der Waals surface area contributed by atoms with Crippen LogP contribution in [0.2, 0.25) is 0 Å². The van der Waals surface area contributed by atoms with Crippen molar-refractivity contribution >= 4 is 39.2 Å². The number of hydrogen-bond donors (Lipinski definition) is 2. The summed E-state index contributed by atoms with van der Waals surface area (Å²) < 4.78 is 18.8. The maximum absolute atomic E-state index is 13.9. The van der Waals surface area contributed by atoms with E-state index >= 15 is 0 Å². The summed E-state index contributed by atoms with van der Waals surface area (Å²) in [6.07, 6.45) is 3.08. The molecule has 2 N–H and O–H groups in total. The molecule has 0 radical (unpaired) electrons. The molecule has 0 saturated heterocycles. The van der Waals surface area contributed by atoms with Crippen LogP contribution in [0, 0.1) is 5.82 Å². The Morgan fingerprint density at radius 2 is 2.27 bits per heavy atom. The van der Waals surface area contributed by atoms with Gasteiger partial charge in [-0.05, 0) is 49.4 Å². The zero-order valence-electron chi connectivity index (χ0n) is 16.7. The van der Waals surface area contributed by atoms with Crippen molar-refractivity contribution in [1.82, 2.24) is 15.3 Å². The topological polar surface area (TPSA) is 84.1 Å². The largest absolute Gasteiger partial charge is 0.494 e. The van der Waals surface area contributed by atoms with Gasteiger partial charge in [-0.1, -0.05) is 6.07 Å². The Morgan fingerprint density at radius 1 is 1.43 bits per heavy atom. The lowest BCUT2D eigenvalue weighted by molar-refractivity contribution is -0.119. The number of hydrogen-bond acceptors (Lipinski definition) is 6. The maximum atomic E-state index is 13.9. The minimum atomic E-state index is -0.463. The van der Waals surface area contributed by atoms with Gasteiger partial charge in [0.15, 0.2) is 11.6 Å². The molecule has 1 aliphatic rings. The van der Waals surface area contributed by atoms with Gasteiger partial charge >= 0.3 is 0 Å². The molecule has 9 heteroatoms. The number of fused-ring (bicyclic) bond motifs is 3. The number of H-pyrrole nitrogens is 1. The first-order chi connectivity index (χ1) is 14.5. The van der Waals surface area contributed by atoms with E-state index in [2.05, 4.69) is 15.3 Å². The number of nitrogens with one attached hydrogen (secondary N) is 2. The number of methoxy groups -OCH3 is 1. The van der Waals surface area contributed by atoms with Crippen molar-refractivity contribution in [3.8, 4) is 5.75 Å². The second-order valence-corrected chi connectivity index (χ2v) is 9.30. The van der Waals surface area contributed by atoms with Crippen LogP contribution in [0.4, 0.5) is 4.39 Å². The molecule has 1 amide bonds. The molecule has 1 unspecified atom stereocenters. The summed E-state index contributed by atoms with van der Waals surface area (Å²) >= 11 is 2.98. The van der Waals surface area contributed by atoms with Crippen LogP contribution < -0.4 is 15.6 Å². The molecule has 3 aromatic rings. The Labute approximate surface area is 181 Å². The highest BCUT2D eigenvalue weighted by atomic mass is 32.2. The fourth-order valence-electron chi connectivity index (χ4n) is 3.67. The lowest BCUT2D eigenvalue weighted by Gasteiger charge is -2.15. The third kappa shape index (κ3) is 4.22. The number of thioether (sulfide) groups is 1. The molecule has 2 aromatic heterocycles. The minimum absolute atomic E-state index is 0.0883. The number of rotatable bonds is 7. The third-order valence-corrected chi connectivity index (χ3v) is 7.28. The number of carbonyl (C=O) groups excluding carboxylic acids is 1. The quantitative estimate of drug-likeness (QED) is 0.577. The van der Waals surface area contributed by atoms with Gasteiger partial charge in [-0.2, -0.15) is 0 Å². The van der Waals surface area contributed by atoms with E-state index in [1.807, 2.05) is 0 Å². The van der Waals surface area contributed by atoms with Gasteiger partial charge < -0.3 is 15.0 Å². The number of aromatic amines is 1. The van der Waals surface area contributed by atoms with E-state index in [4.69, 9.17) is 4.74 Å². The summed E-state index contributed by atoms with van der Waals surface area (Å²) in [5.41, 5.74) is 1.73. The average Bonchev–Trinajstić information content (AvgIpc) is 3.28. The van der Waals surface area contributed by atoms with Crippen molar-refractivity contribution in [2.45, 2.75) is 38.0 Å². The first-order valence-electron chi connectivity index (χ1n) is 9.70. The molecule has 0 fully saturated rings. The van der Waals surface area contributed by atoms with Crippen molar-refractivity contribution in [2.24, 2.45) is 0 Å². The van der Waals surface area contributed by atoms with Crippen LogP contribution in [0.5, 0.6) is 5.75 Å². The second-order valence-electron chi connectivity index (χ2n) is 7.23.